The highest BCUT2D eigenvalue weighted by atomic mass is 16.3. The molecule has 0 saturated carbocycles. The van der Waals surface area contributed by atoms with Crippen LogP contribution in [0.15, 0.2) is 12.1 Å². The van der Waals surface area contributed by atoms with Crippen LogP contribution in [0.2, 0.25) is 0 Å². The average molecular weight is 247 g/mol. The summed E-state index contributed by atoms with van der Waals surface area (Å²) in [4.78, 5) is 0. The van der Waals surface area contributed by atoms with E-state index in [0.29, 0.717) is 5.92 Å². The lowest BCUT2D eigenvalue weighted by molar-refractivity contribution is -0.0331. The first-order valence-electron chi connectivity index (χ1n) is 6.92. The van der Waals surface area contributed by atoms with Crippen molar-refractivity contribution < 1.29 is 5.11 Å². The first-order chi connectivity index (χ1) is 8.42. The van der Waals surface area contributed by atoms with Gasteiger partial charge in [0, 0.05) is 13.0 Å². The zero-order valence-electron chi connectivity index (χ0n) is 12.0. The van der Waals surface area contributed by atoms with Crippen molar-refractivity contribution >= 4 is 0 Å². The largest absolute Gasteiger partial charge is 0.389 e. The molecule has 0 aromatic heterocycles. The second-order valence-electron chi connectivity index (χ2n) is 6.01. The Hall–Kier alpha value is -0.860. The molecule has 2 nitrogen and oxygen atoms in total. The Morgan fingerprint density at radius 3 is 2.44 bits per heavy atom. The number of benzene rings is 1. The molecule has 1 aliphatic heterocycles. The van der Waals surface area contributed by atoms with Crippen molar-refractivity contribution in [1.82, 2.24) is 5.32 Å². The van der Waals surface area contributed by atoms with E-state index in [1.807, 2.05) is 0 Å². The fraction of sp³-hybridized carbons (Fsp3) is 0.625. The number of hydrogen-bond acceptors (Lipinski definition) is 2. The lowest BCUT2D eigenvalue weighted by atomic mass is 9.77. The summed E-state index contributed by atoms with van der Waals surface area (Å²) in [5.41, 5.74) is 4.71. The van der Waals surface area contributed by atoms with Crippen LogP contribution >= 0.6 is 0 Å². The van der Waals surface area contributed by atoms with Crippen molar-refractivity contribution in [2.24, 2.45) is 5.92 Å². The van der Waals surface area contributed by atoms with E-state index in [4.69, 9.17) is 0 Å². The molecule has 0 aliphatic carbocycles. The third kappa shape index (κ3) is 2.60. The Kier molecular flexibility index (Phi) is 3.79. The smallest absolute Gasteiger partial charge is 0.0737 e. The Labute approximate surface area is 110 Å². The maximum absolute atomic E-state index is 10.9. The minimum atomic E-state index is -0.546. The van der Waals surface area contributed by atoms with Gasteiger partial charge in [0.25, 0.3) is 0 Å². The Bertz CT molecular complexity index is 418. The Morgan fingerprint density at radius 1 is 1.28 bits per heavy atom. The molecule has 0 amide bonds. The van der Waals surface area contributed by atoms with E-state index in [1.165, 1.54) is 22.3 Å². The standard InChI is InChI=1S/C16H25NO/c1-11-7-12(2)15(13(3)8-11)9-16(18)5-6-17-10-14(16)4/h7-8,14,17-18H,5-6,9-10H2,1-4H3. The Morgan fingerprint density at radius 2 is 1.89 bits per heavy atom. The topological polar surface area (TPSA) is 32.3 Å². The predicted molar refractivity (Wildman–Crippen MR) is 76.0 cm³/mol. The normalized spacial score (nSPS) is 28.4. The summed E-state index contributed by atoms with van der Waals surface area (Å²) in [5.74, 6) is 0.311. The van der Waals surface area contributed by atoms with E-state index in [-0.39, 0.29) is 0 Å². The average Bonchev–Trinajstić information content (AvgIpc) is 2.28. The first kappa shape index (κ1) is 13.6. The van der Waals surface area contributed by atoms with Crippen LogP contribution in [0, 0.1) is 26.7 Å². The summed E-state index contributed by atoms with van der Waals surface area (Å²) in [6, 6.07) is 4.44. The number of hydrogen-bond donors (Lipinski definition) is 2. The maximum Gasteiger partial charge on any atom is 0.0737 e. The zero-order chi connectivity index (χ0) is 13.3. The van der Waals surface area contributed by atoms with Gasteiger partial charge in [0.05, 0.1) is 5.60 Å². The highest BCUT2D eigenvalue weighted by Crippen LogP contribution is 2.31. The van der Waals surface area contributed by atoms with E-state index < -0.39 is 5.60 Å². The van der Waals surface area contributed by atoms with E-state index in [0.717, 1.165) is 25.9 Å². The van der Waals surface area contributed by atoms with Gasteiger partial charge in [-0.15, -0.1) is 0 Å². The summed E-state index contributed by atoms with van der Waals surface area (Å²) >= 11 is 0. The van der Waals surface area contributed by atoms with Crippen LogP contribution < -0.4 is 5.32 Å². The SMILES string of the molecule is Cc1cc(C)c(CC2(O)CCNCC2C)c(C)c1. The minimum Gasteiger partial charge on any atom is -0.389 e. The predicted octanol–water partition coefficient (Wildman–Crippen LogP) is 2.51. The second kappa shape index (κ2) is 5.02. The van der Waals surface area contributed by atoms with Crippen molar-refractivity contribution in [3.63, 3.8) is 0 Å². The van der Waals surface area contributed by atoms with Gasteiger partial charge in [0.2, 0.25) is 0 Å². The van der Waals surface area contributed by atoms with Gasteiger partial charge in [-0.1, -0.05) is 24.6 Å². The number of nitrogens with one attached hydrogen (secondary N) is 1. The van der Waals surface area contributed by atoms with Crippen LogP contribution in [0.25, 0.3) is 0 Å². The van der Waals surface area contributed by atoms with Gasteiger partial charge < -0.3 is 10.4 Å². The number of rotatable bonds is 2. The van der Waals surface area contributed by atoms with Gasteiger partial charge in [-0.2, -0.15) is 0 Å². The molecule has 0 bridgehead atoms. The lowest BCUT2D eigenvalue weighted by Crippen LogP contribution is -2.50. The molecule has 0 radical (unpaired) electrons. The van der Waals surface area contributed by atoms with Gasteiger partial charge in [-0.05, 0) is 56.3 Å². The molecule has 100 valence electrons. The van der Waals surface area contributed by atoms with Crippen molar-refractivity contribution in [3.05, 3.63) is 34.4 Å². The maximum atomic E-state index is 10.9. The molecule has 2 heteroatoms. The van der Waals surface area contributed by atoms with E-state index >= 15 is 0 Å². The fourth-order valence-corrected chi connectivity index (χ4v) is 3.12. The number of aryl methyl sites for hydroxylation is 3. The van der Waals surface area contributed by atoms with Crippen molar-refractivity contribution in [1.29, 1.82) is 0 Å². The summed E-state index contributed by atoms with van der Waals surface area (Å²) in [6.45, 7) is 10.4. The molecule has 1 heterocycles. The summed E-state index contributed by atoms with van der Waals surface area (Å²) in [7, 11) is 0. The molecule has 2 N–H and O–H groups in total. The monoisotopic (exact) mass is 247 g/mol. The molecule has 2 atom stereocenters. The molecule has 1 fully saturated rings. The summed E-state index contributed by atoms with van der Waals surface area (Å²) < 4.78 is 0. The molecular weight excluding hydrogens is 222 g/mol. The van der Waals surface area contributed by atoms with E-state index in [1.54, 1.807) is 0 Å². The van der Waals surface area contributed by atoms with Crippen LogP contribution in [0.1, 0.15) is 35.6 Å². The third-order valence-corrected chi connectivity index (χ3v) is 4.43. The van der Waals surface area contributed by atoms with E-state index in [9.17, 15) is 5.11 Å². The fourth-order valence-electron chi connectivity index (χ4n) is 3.12. The number of piperidine rings is 1. The van der Waals surface area contributed by atoms with E-state index in [2.05, 4.69) is 45.1 Å². The highest BCUT2D eigenvalue weighted by Gasteiger charge is 2.36. The van der Waals surface area contributed by atoms with Crippen LogP contribution in [-0.2, 0) is 6.42 Å². The van der Waals surface area contributed by atoms with Gasteiger partial charge >= 0.3 is 0 Å². The van der Waals surface area contributed by atoms with Gasteiger partial charge in [0.1, 0.15) is 0 Å². The summed E-state index contributed by atoms with van der Waals surface area (Å²) in [5, 5.41) is 14.2. The van der Waals surface area contributed by atoms with Crippen LogP contribution in [-0.4, -0.2) is 23.8 Å². The second-order valence-corrected chi connectivity index (χ2v) is 6.01. The van der Waals surface area contributed by atoms with Crippen molar-refractivity contribution in [2.45, 2.75) is 46.1 Å². The van der Waals surface area contributed by atoms with Crippen LogP contribution in [0.3, 0.4) is 0 Å². The highest BCUT2D eigenvalue weighted by molar-refractivity contribution is 5.38. The summed E-state index contributed by atoms with van der Waals surface area (Å²) in [6.07, 6.45) is 1.63. The molecule has 2 unspecified atom stereocenters. The van der Waals surface area contributed by atoms with Gasteiger partial charge in [-0.25, -0.2) is 0 Å². The number of aliphatic hydroxyl groups is 1. The quantitative estimate of drug-likeness (QED) is 0.841. The molecule has 0 spiro atoms. The molecule has 1 aromatic rings. The minimum absolute atomic E-state index is 0.311. The molecule has 1 aliphatic rings. The third-order valence-electron chi connectivity index (χ3n) is 4.43. The zero-order valence-corrected chi connectivity index (χ0v) is 12.0. The van der Waals surface area contributed by atoms with Crippen molar-refractivity contribution in [2.75, 3.05) is 13.1 Å². The van der Waals surface area contributed by atoms with Gasteiger partial charge in [0.15, 0.2) is 0 Å². The van der Waals surface area contributed by atoms with Gasteiger partial charge in [-0.3, -0.25) is 0 Å². The Balaban J connectivity index is 2.28. The molecule has 1 aromatic carbocycles. The molecule has 18 heavy (non-hydrogen) atoms. The first-order valence-corrected chi connectivity index (χ1v) is 6.92. The van der Waals surface area contributed by atoms with Crippen molar-refractivity contribution in [3.8, 4) is 0 Å². The lowest BCUT2D eigenvalue weighted by Gasteiger charge is -2.39. The van der Waals surface area contributed by atoms with Crippen LogP contribution in [0.4, 0.5) is 0 Å². The van der Waals surface area contributed by atoms with Crippen LogP contribution in [0.5, 0.6) is 0 Å². The molecule has 2 rings (SSSR count). The molecule has 1 saturated heterocycles. The molecular formula is C16H25NO.